The Balaban J connectivity index is 1.44. The normalized spacial score (nSPS) is 17.3. The van der Waals surface area contributed by atoms with E-state index in [1.807, 2.05) is 56.3 Å². The van der Waals surface area contributed by atoms with Crippen molar-refractivity contribution in [2.75, 3.05) is 11.1 Å². The van der Waals surface area contributed by atoms with E-state index in [1.54, 1.807) is 0 Å². The van der Waals surface area contributed by atoms with Crippen molar-refractivity contribution in [1.29, 1.82) is 0 Å². The average Bonchev–Trinajstić information content (AvgIpc) is 3.65. The lowest BCUT2D eigenvalue weighted by Crippen LogP contribution is -2.31. The number of nitrogens with two attached hydrogens (primary N) is 1. The quantitative estimate of drug-likeness (QED) is 0.337. The molecule has 2 fully saturated rings. The zero-order chi connectivity index (χ0) is 25.4. The van der Waals surface area contributed by atoms with Gasteiger partial charge in [0.25, 0.3) is 5.91 Å². The summed E-state index contributed by atoms with van der Waals surface area (Å²) in [6.45, 7) is 6.01. The third-order valence-corrected chi connectivity index (χ3v) is 7.72. The first kappa shape index (κ1) is 24.2. The molecule has 7 nitrogen and oxygen atoms in total. The van der Waals surface area contributed by atoms with Crippen LogP contribution in [-0.2, 0) is 4.74 Å². The zero-order valence-electron chi connectivity index (χ0n) is 21.3. The van der Waals surface area contributed by atoms with E-state index >= 15 is 0 Å². The molecule has 2 aliphatic rings. The van der Waals surface area contributed by atoms with Crippen LogP contribution in [0.5, 0.6) is 0 Å². The van der Waals surface area contributed by atoms with Crippen LogP contribution >= 0.6 is 0 Å². The van der Waals surface area contributed by atoms with Crippen LogP contribution < -0.4 is 16.4 Å². The second-order valence-corrected chi connectivity index (χ2v) is 10.4. The van der Waals surface area contributed by atoms with E-state index in [2.05, 4.69) is 22.1 Å². The molecule has 0 spiro atoms. The molecule has 1 unspecified atom stereocenters. The highest BCUT2D eigenvalue weighted by Crippen LogP contribution is 2.44. The van der Waals surface area contributed by atoms with Gasteiger partial charge in [0.2, 0.25) is 0 Å². The number of nitrogens with zero attached hydrogens (tertiary/aromatic N) is 1. The predicted octanol–water partition coefficient (Wildman–Crippen LogP) is 6.49. The van der Waals surface area contributed by atoms with E-state index in [1.165, 1.54) is 6.42 Å². The lowest BCUT2D eigenvalue weighted by Gasteiger charge is -2.30. The number of rotatable bonds is 8. The van der Waals surface area contributed by atoms with Gasteiger partial charge in [-0.25, -0.2) is 4.79 Å². The van der Waals surface area contributed by atoms with Gasteiger partial charge in [-0.15, -0.1) is 0 Å². The summed E-state index contributed by atoms with van der Waals surface area (Å²) in [6.07, 6.45) is 6.02. The van der Waals surface area contributed by atoms with Crippen LogP contribution in [0.3, 0.4) is 0 Å². The molecule has 36 heavy (non-hydrogen) atoms. The molecule has 1 aromatic heterocycles. The van der Waals surface area contributed by atoms with Gasteiger partial charge in [-0.1, -0.05) is 19.1 Å². The van der Waals surface area contributed by atoms with Crippen LogP contribution in [-0.4, -0.2) is 28.7 Å². The first-order valence-corrected chi connectivity index (χ1v) is 13.2. The SMILES string of the molecule is CCC(C)NC(=O)c1ccc2c(N)c(-c3ccc(NC(=O)O[C@H](C)C4CC4)cc3)n(C3CCC3)c2c1. The predicted molar refractivity (Wildman–Crippen MR) is 144 cm³/mol. The fourth-order valence-corrected chi connectivity index (χ4v) is 4.90. The van der Waals surface area contributed by atoms with E-state index in [4.69, 9.17) is 10.5 Å². The molecule has 2 aliphatic carbocycles. The van der Waals surface area contributed by atoms with E-state index in [-0.39, 0.29) is 18.1 Å². The van der Waals surface area contributed by atoms with E-state index in [0.29, 0.717) is 28.9 Å². The maximum absolute atomic E-state index is 12.8. The first-order chi connectivity index (χ1) is 17.4. The summed E-state index contributed by atoms with van der Waals surface area (Å²) in [5.41, 5.74) is 11.7. The summed E-state index contributed by atoms with van der Waals surface area (Å²) in [6, 6.07) is 14.0. The minimum Gasteiger partial charge on any atom is -0.446 e. The highest BCUT2D eigenvalue weighted by atomic mass is 16.6. The molecule has 2 saturated carbocycles. The number of amides is 2. The van der Waals surface area contributed by atoms with Crippen molar-refractivity contribution in [3.63, 3.8) is 0 Å². The molecule has 1 heterocycles. The van der Waals surface area contributed by atoms with Crippen molar-refractivity contribution in [3.8, 4) is 11.3 Å². The Bertz CT molecular complexity index is 1270. The topological polar surface area (TPSA) is 98.4 Å². The summed E-state index contributed by atoms with van der Waals surface area (Å²) in [5.74, 6) is 0.433. The van der Waals surface area contributed by atoms with Gasteiger partial charge >= 0.3 is 6.09 Å². The Morgan fingerprint density at radius 2 is 1.81 bits per heavy atom. The number of fused-ring (bicyclic) bond motifs is 1. The smallest absolute Gasteiger partial charge is 0.411 e. The number of benzene rings is 2. The molecule has 3 aromatic rings. The van der Waals surface area contributed by atoms with Crippen molar-refractivity contribution < 1.29 is 14.3 Å². The number of ether oxygens (including phenoxy) is 1. The Labute approximate surface area is 212 Å². The van der Waals surface area contributed by atoms with E-state index in [9.17, 15) is 9.59 Å². The number of carbonyl (C=O) groups is 2. The van der Waals surface area contributed by atoms with Crippen LogP contribution in [0.25, 0.3) is 22.2 Å². The van der Waals surface area contributed by atoms with Crippen LogP contribution in [0.4, 0.5) is 16.2 Å². The fourth-order valence-electron chi connectivity index (χ4n) is 4.90. The third kappa shape index (κ3) is 4.79. The zero-order valence-corrected chi connectivity index (χ0v) is 21.3. The van der Waals surface area contributed by atoms with E-state index in [0.717, 1.165) is 54.3 Å². The molecular formula is C29H36N4O3. The van der Waals surface area contributed by atoms with Crippen molar-refractivity contribution in [2.24, 2.45) is 5.92 Å². The molecule has 0 radical (unpaired) electrons. The minimum absolute atomic E-state index is 0.0561. The molecule has 2 atom stereocenters. The summed E-state index contributed by atoms with van der Waals surface area (Å²) in [7, 11) is 0. The Hall–Kier alpha value is -3.48. The number of hydrogen-bond acceptors (Lipinski definition) is 4. The van der Waals surface area contributed by atoms with Crippen molar-refractivity contribution in [1.82, 2.24) is 9.88 Å². The van der Waals surface area contributed by atoms with Gasteiger partial charge in [0.1, 0.15) is 6.10 Å². The summed E-state index contributed by atoms with van der Waals surface area (Å²) in [5, 5.41) is 6.85. The first-order valence-electron chi connectivity index (χ1n) is 13.2. The van der Waals surface area contributed by atoms with Crippen molar-refractivity contribution >= 4 is 34.3 Å². The molecule has 2 amide bonds. The van der Waals surface area contributed by atoms with Crippen molar-refractivity contribution in [2.45, 2.75) is 77.5 Å². The molecule has 0 bridgehead atoms. The largest absolute Gasteiger partial charge is 0.446 e. The number of aromatic nitrogens is 1. The Morgan fingerprint density at radius 1 is 1.08 bits per heavy atom. The summed E-state index contributed by atoms with van der Waals surface area (Å²) in [4.78, 5) is 25.1. The highest BCUT2D eigenvalue weighted by molar-refractivity contribution is 6.05. The second kappa shape index (κ2) is 9.88. The standard InChI is InChI=1S/C29H36N4O3/c1-4-17(2)31-28(34)21-12-15-24-25(16-21)33(23-6-5-7-23)27(26(24)30)20-10-13-22(14-11-20)32-29(35)36-18(3)19-8-9-19/h10-19,23H,4-9,30H2,1-3H3,(H,31,34)(H,32,35)/t17?,18-/m1/s1. The van der Waals surface area contributed by atoms with Gasteiger partial charge < -0.3 is 20.4 Å². The van der Waals surface area contributed by atoms with Gasteiger partial charge in [0.15, 0.2) is 0 Å². The number of nitrogen functional groups attached to an aromatic ring is 1. The van der Waals surface area contributed by atoms with Crippen LogP contribution in [0.2, 0.25) is 0 Å². The maximum atomic E-state index is 12.8. The highest BCUT2D eigenvalue weighted by Gasteiger charge is 2.31. The molecule has 0 aliphatic heterocycles. The van der Waals surface area contributed by atoms with Crippen molar-refractivity contribution in [3.05, 3.63) is 48.0 Å². The van der Waals surface area contributed by atoms with Gasteiger partial charge in [-0.05, 0) is 88.6 Å². The Kier molecular flexibility index (Phi) is 6.65. The minimum atomic E-state index is -0.423. The van der Waals surface area contributed by atoms with Gasteiger partial charge in [0, 0.05) is 34.3 Å². The van der Waals surface area contributed by atoms with Crippen LogP contribution in [0.15, 0.2) is 42.5 Å². The number of anilines is 2. The molecule has 7 heteroatoms. The molecule has 2 aromatic carbocycles. The lowest BCUT2D eigenvalue weighted by molar-refractivity contribution is 0.0939. The van der Waals surface area contributed by atoms with Crippen LogP contribution in [0.1, 0.15) is 75.7 Å². The Morgan fingerprint density at radius 3 is 2.42 bits per heavy atom. The third-order valence-electron chi connectivity index (χ3n) is 7.72. The van der Waals surface area contributed by atoms with Gasteiger partial charge in [-0.3, -0.25) is 10.1 Å². The number of carbonyl (C=O) groups excluding carboxylic acids is 2. The maximum Gasteiger partial charge on any atom is 0.411 e. The molecule has 4 N–H and O–H groups in total. The summed E-state index contributed by atoms with van der Waals surface area (Å²) >= 11 is 0. The number of hydrogen-bond donors (Lipinski definition) is 3. The van der Waals surface area contributed by atoms with Gasteiger partial charge in [0.05, 0.1) is 16.9 Å². The molecule has 0 saturated heterocycles. The molecular weight excluding hydrogens is 452 g/mol. The number of nitrogens with one attached hydrogen (secondary N) is 2. The van der Waals surface area contributed by atoms with E-state index < -0.39 is 6.09 Å². The fraction of sp³-hybridized carbons (Fsp3) is 0.448. The summed E-state index contributed by atoms with van der Waals surface area (Å²) < 4.78 is 7.79. The van der Waals surface area contributed by atoms with Crippen LogP contribution in [0, 0.1) is 5.92 Å². The molecule has 190 valence electrons. The van der Waals surface area contributed by atoms with Gasteiger partial charge in [-0.2, -0.15) is 0 Å². The molecule has 5 rings (SSSR count). The average molecular weight is 489 g/mol. The second-order valence-electron chi connectivity index (χ2n) is 10.4. The monoisotopic (exact) mass is 488 g/mol. The lowest BCUT2D eigenvalue weighted by atomic mass is 9.92.